The molecule has 1 atom stereocenters. The van der Waals surface area contributed by atoms with Crippen LogP contribution in [-0.4, -0.2) is 12.6 Å². The second-order valence-corrected chi connectivity index (χ2v) is 4.28. The fourth-order valence-electron chi connectivity index (χ4n) is 1.03. The number of ether oxygens (including phenoxy) is 1. The first-order valence-electron chi connectivity index (χ1n) is 5.27. The van der Waals surface area contributed by atoms with Crippen LogP contribution < -0.4 is 0 Å². The zero-order chi connectivity index (χ0) is 11.1. The largest absolute Gasteiger partial charge is 0.462 e. The summed E-state index contributed by atoms with van der Waals surface area (Å²) in [6.07, 6.45) is 2.06. The number of carbonyl (C=O) groups excluding carboxylic acids is 1. The minimum Gasteiger partial charge on any atom is -0.462 e. The quantitative estimate of drug-likeness (QED) is 0.372. The molecular weight excluding hydrogens is 176 g/mol. The lowest BCUT2D eigenvalue weighted by molar-refractivity contribution is -0.139. The molecule has 2 heteroatoms. The van der Waals surface area contributed by atoms with Gasteiger partial charge in [0.15, 0.2) is 0 Å². The lowest BCUT2D eigenvalue weighted by Crippen LogP contribution is -2.09. The van der Waals surface area contributed by atoms with E-state index in [4.69, 9.17) is 4.74 Å². The molecule has 0 radical (unpaired) electrons. The molecule has 14 heavy (non-hydrogen) atoms. The molecule has 0 spiro atoms. The summed E-state index contributed by atoms with van der Waals surface area (Å²) < 4.78 is 5.00. The van der Waals surface area contributed by atoms with Crippen molar-refractivity contribution in [3.63, 3.8) is 0 Å². The van der Waals surface area contributed by atoms with Crippen LogP contribution in [0, 0.1) is 11.8 Å². The molecule has 0 aromatic heterocycles. The highest BCUT2D eigenvalue weighted by Gasteiger charge is 2.07. The van der Waals surface area contributed by atoms with Crippen LogP contribution in [0.25, 0.3) is 0 Å². The van der Waals surface area contributed by atoms with E-state index in [0.29, 0.717) is 24.0 Å². The molecule has 0 bridgehead atoms. The molecule has 0 saturated heterocycles. The first-order chi connectivity index (χ1) is 6.45. The molecule has 0 aliphatic heterocycles. The monoisotopic (exact) mass is 198 g/mol. The molecule has 0 aromatic rings. The van der Waals surface area contributed by atoms with Gasteiger partial charge in [-0.05, 0) is 31.6 Å². The first kappa shape index (κ1) is 13.2. The SMILES string of the molecule is C=C(C)C(=O)OCCCC(C)C(C)C. The van der Waals surface area contributed by atoms with E-state index in [1.807, 2.05) is 0 Å². The molecule has 0 amide bonds. The fourth-order valence-corrected chi connectivity index (χ4v) is 1.03. The highest BCUT2D eigenvalue weighted by atomic mass is 16.5. The second-order valence-electron chi connectivity index (χ2n) is 4.28. The van der Waals surface area contributed by atoms with E-state index in [-0.39, 0.29) is 5.97 Å². The molecule has 0 aromatic carbocycles. The van der Waals surface area contributed by atoms with E-state index in [1.54, 1.807) is 6.92 Å². The van der Waals surface area contributed by atoms with Gasteiger partial charge in [-0.3, -0.25) is 0 Å². The minimum atomic E-state index is -0.276. The molecule has 82 valence electrons. The molecule has 0 rings (SSSR count). The van der Waals surface area contributed by atoms with E-state index < -0.39 is 0 Å². The summed E-state index contributed by atoms with van der Waals surface area (Å²) in [6, 6.07) is 0. The average molecular weight is 198 g/mol. The Bertz CT molecular complexity index is 194. The van der Waals surface area contributed by atoms with Crippen LogP contribution in [0.3, 0.4) is 0 Å². The van der Waals surface area contributed by atoms with Crippen LogP contribution in [0.5, 0.6) is 0 Å². The molecule has 0 heterocycles. The summed E-state index contributed by atoms with van der Waals surface area (Å²) in [5, 5.41) is 0. The van der Waals surface area contributed by atoms with Crippen LogP contribution in [0.15, 0.2) is 12.2 Å². The maximum atomic E-state index is 11.0. The Hall–Kier alpha value is -0.790. The molecular formula is C12H22O2. The Labute approximate surface area is 87.3 Å². The van der Waals surface area contributed by atoms with Crippen molar-refractivity contribution in [1.82, 2.24) is 0 Å². The fraction of sp³-hybridized carbons (Fsp3) is 0.750. The Balaban J connectivity index is 3.47. The predicted molar refractivity (Wildman–Crippen MR) is 59.0 cm³/mol. The summed E-state index contributed by atoms with van der Waals surface area (Å²) in [6.45, 7) is 12.4. The van der Waals surface area contributed by atoms with Gasteiger partial charge in [0.05, 0.1) is 6.61 Å². The van der Waals surface area contributed by atoms with Gasteiger partial charge in [-0.15, -0.1) is 0 Å². The number of rotatable bonds is 6. The molecule has 0 aliphatic rings. The second kappa shape index (κ2) is 6.63. The van der Waals surface area contributed by atoms with Crippen molar-refractivity contribution < 1.29 is 9.53 Å². The van der Waals surface area contributed by atoms with Gasteiger partial charge in [0.1, 0.15) is 0 Å². The van der Waals surface area contributed by atoms with Gasteiger partial charge in [0, 0.05) is 5.57 Å². The Morgan fingerprint density at radius 2 is 1.93 bits per heavy atom. The lowest BCUT2D eigenvalue weighted by atomic mass is 9.93. The van der Waals surface area contributed by atoms with Gasteiger partial charge in [-0.2, -0.15) is 0 Å². The molecule has 1 unspecified atom stereocenters. The Morgan fingerprint density at radius 3 is 2.36 bits per heavy atom. The van der Waals surface area contributed by atoms with Crippen molar-refractivity contribution in [2.24, 2.45) is 11.8 Å². The average Bonchev–Trinajstić information content (AvgIpc) is 2.11. The number of esters is 1. The predicted octanol–water partition coefficient (Wildman–Crippen LogP) is 3.18. The molecule has 2 nitrogen and oxygen atoms in total. The van der Waals surface area contributed by atoms with Crippen molar-refractivity contribution in [1.29, 1.82) is 0 Å². The van der Waals surface area contributed by atoms with Crippen molar-refractivity contribution in [3.8, 4) is 0 Å². The van der Waals surface area contributed by atoms with Gasteiger partial charge in [0.25, 0.3) is 0 Å². The van der Waals surface area contributed by atoms with E-state index in [9.17, 15) is 4.79 Å². The molecule has 0 fully saturated rings. The van der Waals surface area contributed by atoms with Gasteiger partial charge >= 0.3 is 5.97 Å². The maximum Gasteiger partial charge on any atom is 0.333 e. The van der Waals surface area contributed by atoms with Crippen LogP contribution >= 0.6 is 0 Å². The Morgan fingerprint density at radius 1 is 1.36 bits per heavy atom. The van der Waals surface area contributed by atoms with Crippen molar-refractivity contribution >= 4 is 5.97 Å². The number of hydrogen-bond acceptors (Lipinski definition) is 2. The number of carbonyl (C=O) groups is 1. The summed E-state index contributed by atoms with van der Waals surface area (Å²) in [5.74, 6) is 1.12. The molecule has 0 aliphatic carbocycles. The van der Waals surface area contributed by atoms with E-state index in [2.05, 4.69) is 27.4 Å². The van der Waals surface area contributed by atoms with Crippen LogP contribution in [0.1, 0.15) is 40.5 Å². The third-order valence-corrected chi connectivity index (χ3v) is 2.52. The molecule has 0 saturated carbocycles. The van der Waals surface area contributed by atoms with Crippen LogP contribution in [0.4, 0.5) is 0 Å². The highest BCUT2D eigenvalue weighted by Crippen LogP contribution is 2.15. The smallest absolute Gasteiger partial charge is 0.333 e. The molecule has 0 N–H and O–H groups in total. The summed E-state index contributed by atoms with van der Waals surface area (Å²) in [7, 11) is 0. The first-order valence-corrected chi connectivity index (χ1v) is 5.27. The van der Waals surface area contributed by atoms with Crippen molar-refractivity contribution in [2.45, 2.75) is 40.5 Å². The zero-order valence-electron chi connectivity index (χ0n) is 9.80. The topological polar surface area (TPSA) is 26.3 Å². The lowest BCUT2D eigenvalue weighted by Gasteiger charge is -2.14. The van der Waals surface area contributed by atoms with Gasteiger partial charge in [0.2, 0.25) is 0 Å². The minimum absolute atomic E-state index is 0.276. The third kappa shape index (κ3) is 5.79. The Kier molecular flexibility index (Phi) is 6.26. The normalized spacial score (nSPS) is 12.6. The van der Waals surface area contributed by atoms with Crippen molar-refractivity contribution in [3.05, 3.63) is 12.2 Å². The van der Waals surface area contributed by atoms with Gasteiger partial charge in [-0.1, -0.05) is 27.4 Å². The summed E-state index contributed by atoms with van der Waals surface area (Å²) in [5.41, 5.74) is 0.474. The van der Waals surface area contributed by atoms with E-state index >= 15 is 0 Å². The zero-order valence-corrected chi connectivity index (χ0v) is 9.80. The van der Waals surface area contributed by atoms with Crippen molar-refractivity contribution in [2.75, 3.05) is 6.61 Å². The van der Waals surface area contributed by atoms with E-state index in [1.165, 1.54) is 0 Å². The standard InChI is InChI=1S/C12H22O2/c1-9(2)11(5)7-6-8-14-12(13)10(3)4/h9,11H,3,6-8H2,1-2,4-5H3. The summed E-state index contributed by atoms with van der Waals surface area (Å²) >= 11 is 0. The van der Waals surface area contributed by atoms with Gasteiger partial charge in [-0.25, -0.2) is 4.79 Å². The highest BCUT2D eigenvalue weighted by molar-refractivity contribution is 5.86. The van der Waals surface area contributed by atoms with Gasteiger partial charge < -0.3 is 4.74 Å². The third-order valence-electron chi connectivity index (χ3n) is 2.52. The maximum absolute atomic E-state index is 11.0. The number of hydrogen-bond donors (Lipinski definition) is 0. The van der Waals surface area contributed by atoms with E-state index in [0.717, 1.165) is 12.8 Å². The van der Waals surface area contributed by atoms with Crippen LogP contribution in [0.2, 0.25) is 0 Å². The van der Waals surface area contributed by atoms with Crippen LogP contribution in [-0.2, 0) is 9.53 Å². The summed E-state index contributed by atoms with van der Waals surface area (Å²) in [4.78, 5) is 11.0.